The van der Waals surface area contributed by atoms with Crippen LogP contribution in [0.1, 0.15) is 5.56 Å². The fraction of sp³-hybridized carbons (Fsp3) is 0.214. The van der Waals surface area contributed by atoms with Crippen molar-refractivity contribution in [3.05, 3.63) is 57.5 Å². The number of halogens is 1. The summed E-state index contributed by atoms with van der Waals surface area (Å²) < 4.78 is 0. The molecule has 0 aliphatic carbocycles. The number of rotatable bonds is 6. The van der Waals surface area contributed by atoms with Gasteiger partial charge in [-0.05, 0) is 24.1 Å². The molecule has 21 heavy (non-hydrogen) atoms. The second kappa shape index (κ2) is 7.85. The SMILES string of the molecule is O=C(CSc1nccc(=O)[nH]1)NCCc1cccc(Cl)c1. The second-order valence-electron chi connectivity index (χ2n) is 4.26. The van der Waals surface area contributed by atoms with Gasteiger partial charge in [0.25, 0.3) is 5.56 Å². The van der Waals surface area contributed by atoms with Crippen LogP contribution in [0.2, 0.25) is 5.02 Å². The highest BCUT2D eigenvalue weighted by Gasteiger charge is 2.04. The number of carbonyl (C=O) groups excluding carboxylic acids is 1. The minimum absolute atomic E-state index is 0.103. The van der Waals surface area contributed by atoms with Crippen molar-refractivity contribution in [1.82, 2.24) is 15.3 Å². The molecule has 0 unspecified atom stereocenters. The van der Waals surface area contributed by atoms with Crippen molar-refractivity contribution in [3.63, 3.8) is 0 Å². The van der Waals surface area contributed by atoms with E-state index >= 15 is 0 Å². The zero-order chi connectivity index (χ0) is 15.1. The molecule has 0 spiro atoms. The fourth-order valence-corrected chi connectivity index (χ4v) is 2.54. The number of hydrogen-bond acceptors (Lipinski definition) is 4. The van der Waals surface area contributed by atoms with Crippen molar-refractivity contribution < 1.29 is 4.79 Å². The van der Waals surface area contributed by atoms with E-state index in [9.17, 15) is 9.59 Å². The third kappa shape index (κ3) is 5.61. The Morgan fingerprint density at radius 3 is 3.00 bits per heavy atom. The van der Waals surface area contributed by atoms with Crippen LogP contribution in [0.15, 0.2) is 46.5 Å². The Bertz CT molecular complexity index is 675. The Balaban J connectivity index is 1.71. The number of aromatic nitrogens is 2. The zero-order valence-corrected chi connectivity index (χ0v) is 12.7. The van der Waals surface area contributed by atoms with Crippen LogP contribution in [0, 0.1) is 0 Å². The first-order chi connectivity index (χ1) is 10.1. The molecule has 0 aliphatic heterocycles. The van der Waals surface area contributed by atoms with Gasteiger partial charge in [-0.25, -0.2) is 4.98 Å². The first-order valence-electron chi connectivity index (χ1n) is 6.33. The molecule has 2 rings (SSSR count). The lowest BCUT2D eigenvalue weighted by atomic mass is 10.1. The van der Waals surface area contributed by atoms with Crippen LogP contribution in [-0.2, 0) is 11.2 Å². The van der Waals surface area contributed by atoms with Crippen molar-refractivity contribution >= 4 is 29.3 Å². The van der Waals surface area contributed by atoms with Gasteiger partial charge in [0.1, 0.15) is 0 Å². The number of hydrogen-bond donors (Lipinski definition) is 2. The summed E-state index contributed by atoms with van der Waals surface area (Å²) in [4.78, 5) is 29.3. The zero-order valence-electron chi connectivity index (χ0n) is 11.1. The monoisotopic (exact) mass is 323 g/mol. The Morgan fingerprint density at radius 2 is 2.24 bits per heavy atom. The topological polar surface area (TPSA) is 74.8 Å². The van der Waals surface area contributed by atoms with Gasteiger partial charge in [-0.2, -0.15) is 0 Å². The summed E-state index contributed by atoms with van der Waals surface area (Å²) in [6.07, 6.45) is 2.13. The van der Waals surface area contributed by atoms with Crippen LogP contribution < -0.4 is 10.9 Å². The average molecular weight is 324 g/mol. The third-order valence-corrected chi connectivity index (χ3v) is 3.74. The third-order valence-electron chi connectivity index (χ3n) is 2.61. The Hall–Kier alpha value is -1.79. The standard InChI is InChI=1S/C14H14ClN3O2S/c15-11-3-1-2-10(8-11)4-6-16-13(20)9-21-14-17-7-5-12(19)18-14/h1-3,5,7-8H,4,6,9H2,(H,16,20)(H,17,18,19). The smallest absolute Gasteiger partial charge is 0.251 e. The molecule has 1 amide bonds. The molecule has 2 N–H and O–H groups in total. The Labute approximate surface area is 131 Å². The molecule has 1 aromatic heterocycles. The molecule has 0 bridgehead atoms. The van der Waals surface area contributed by atoms with E-state index in [-0.39, 0.29) is 17.2 Å². The van der Waals surface area contributed by atoms with Crippen LogP contribution in [0.3, 0.4) is 0 Å². The summed E-state index contributed by atoms with van der Waals surface area (Å²) in [7, 11) is 0. The van der Waals surface area contributed by atoms with Gasteiger partial charge in [0.05, 0.1) is 5.75 Å². The number of carbonyl (C=O) groups is 1. The normalized spacial score (nSPS) is 10.3. The maximum atomic E-state index is 11.7. The molecule has 5 nitrogen and oxygen atoms in total. The number of H-pyrrole nitrogens is 1. The van der Waals surface area contributed by atoms with E-state index < -0.39 is 0 Å². The van der Waals surface area contributed by atoms with Gasteiger partial charge in [-0.1, -0.05) is 35.5 Å². The summed E-state index contributed by atoms with van der Waals surface area (Å²) >= 11 is 7.08. The van der Waals surface area contributed by atoms with Gasteiger partial charge in [-0.15, -0.1) is 0 Å². The number of nitrogens with one attached hydrogen (secondary N) is 2. The molecule has 0 atom stereocenters. The van der Waals surface area contributed by atoms with E-state index in [1.807, 2.05) is 24.3 Å². The largest absolute Gasteiger partial charge is 0.355 e. The molecular formula is C14H14ClN3O2S. The number of thioether (sulfide) groups is 1. The van der Waals surface area contributed by atoms with Crippen LogP contribution in [0.4, 0.5) is 0 Å². The molecule has 1 heterocycles. The minimum atomic E-state index is -0.228. The molecule has 0 fully saturated rings. The molecule has 7 heteroatoms. The van der Waals surface area contributed by atoms with Crippen molar-refractivity contribution in [3.8, 4) is 0 Å². The number of nitrogens with zero attached hydrogens (tertiary/aromatic N) is 1. The Kier molecular flexibility index (Phi) is 5.83. The van der Waals surface area contributed by atoms with Gasteiger partial charge in [0.2, 0.25) is 5.91 Å². The van der Waals surface area contributed by atoms with E-state index in [1.165, 1.54) is 24.0 Å². The number of benzene rings is 1. The first-order valence-corrected chi connectivity index (χ1v) is 7.69. The van der Waals surface area contributed by atoms with Crippen molar-refractivity contribution in [2.75, 3.05) is 12.3 Å². The number of aromatic amines is 1. The predicted octanol–water partition coefficient (Wildman–Crippen LogP) is 1.87. The first kappa shape index (κ1) is 15.6. The lowest BCUT2D eigenvalue weighted by Crippen LogP contribution is -2.27. The lowest BCUT2D eigenvalue weighted by Gasteiger charge is -2.05. The van der Waals surface area contributed by atoms with Crippen molar-refractivity contribution in [1.29, 1.82) is 0 Å². The van der Waals surface area contributed by atoms with Gasteiger partial charge in [0, 0.05) is 23.8 Å². The van der Waals surface area contributed by atoms with E-state index in [0.717, 1.165) is 12.0 Å². The molecule has 0 saturated carbocycles. The molecule has 110 valence electrons. The summed E-state index contributed by atoms with van der Waals surface area (Å²) in [5, 5.41) is 3.94. The highest BCUT2D eigenvalue weighted by atomic mass is 35.5. The Morgan fingerprint density at radius 1 is 1.38 bits per heavy atom. The average Bonchev–Trinajstić information content (AvgIpc) is 2.45. The number of amides is 1. The van der Waals surface area contributed by atoms with E-state index in [2.05, 4.69) is 15.3 Å². The maximum Gasteiger partial charge on any atom is 0.251 e. The van der Waals surface area contributed by atoms with Crippen LogP contribution in [-0.4, -0.2) is 28.2 Å². The molecule has 2 aromatic rings. The quantitative estimate of drug-likeness (QED) is 0.628. The van der Waals surface area contributed by atoms with Gasteiger partial charge in [0.15, 0.2) is 5.16 Å². The summed E-state index contributed by atoms with van der Waals surface area (Å²) in [6.45, 7) is 0.540. The molecule has 1 aromatic carbocycles. The summed E-state index contributed by atoms with van der Waals surface area (Å²) in [5.41, 5.74) is 0.846. The predicted molar refractivity (Wildman–Crippen MR) is 83.7 cm³/mol. The molecule has 0 saturated heterocycles. The van der Waals surface area contributed by atoms with Gasteiger partial charge < -0.3 is 10.3 Å². The highest BCUT2D eigenvalue weighted by Crippen LogP contribution is 2.11. The van der Waals surface area contributed by atoms with Crippen LogP contribution in [0.5, 0.6) is 0 Å². The van der Waals surface area contributed by atoms with Crippen LogP contribution >= 0.6 is 23.4 Å². The molecule has 0 aliphatic rings. The van der Waals surface area contributed by atoms with E-state index in [1.54, 1.807) is 0 Å². The molecular weight excluding hydrogens is 310 g/mol. The van der Waals surface area contributed by atoms with Crippen molar-refractivity contribution in [2.24, 2.45) is 0 Å². The summed E-state index contributed by atoms with van der Waals surface area (Å²) in [6, 6.07) is 8.86. The highest BCUT2D eigenvalue weighted by molar-refractivity contribution is 7.99. The lowest BCUT2D eigenvalue weighted by molar-refractivity contribution is -0.118. The molecule has 0 radical (unpaired) electrons. The van der Waals surface area contributed by atoms with E-state index in [0.29, 0.717) is 16.7 Å². The fourth-order valence-electron chi connectivity index (χ4n) is 1.65. The summed E-state index contributed by atoms with van der Waals surface area (Å²) in [5.74, 6) is 0.108. The van der Waals surface area contributed by atoms with Crippen molar-refractivity contribution in [2.45, 2.75) is 11.6 Å². The van der Waals surface area contributed by atoms with E-state index in [4.69, 9.17) is 11.6 Å². The van der Waals surface area contributed by atoms with Crippen LogP contribution in [0.25, 0.3) is 0 Å². The van der Waals surface area contributed by atoms with Gasteiger partial charge >= 0.3 is 0 Å². The second-order valence-corrected chi connectivity index (χ2v) is 5.66. The minimum Gasteiger partial charge on any atom is -0.355 e. The maximum absolute atomic E-state index is 11.7. The van der Waals surface area contributed by atoms with Gasteiger partial charge in [-0.3, -0.25) is 9.59 Å².